The van der Waals surface area contributed by atoms with Crippen LogP contribution < -0.4 is 0 Å². The van der Waals surface area contributed by atoms with E-state index in [0.717, 1.165) is 9.75 Å². The molecule has 2 nitrogen and oxygen atoms in total. The van der Waals surface area contributed by atoms with Crippen molar-refractivity contribution in [2.75, 3.05) is 0 Å². The fraction of sp³-hybridized carbons (Fsp3) is 0.400. The van der Waals surface area contributed by atoms with Gasteiger partial charge in [-0.1, -0.05) is 0 Å². The van der Waals surface area contributed by atoms with Crippen LogP contribution in [-0.4, -0.2) is 11.6 Å². The quantitative estimate of drug-likeness (QED) is 0.695. The minimum Gasteiger partial charge on any atom is -0.299 e. The molecule has 0 radical (unpaired) electrons. The molecule has 0 spiro atoms. The first-order valence-corrected chi connectivity index (χ1v) is 4.91. The molecule has 1 heterocycles. The average Bonchev–Trinajstić information content (AvgIpc) is 2.34. The van der Waals surface area contributed by atoms with Crippen LogP contribution in [0.2, 0.25) is 0 Å². The predicted molar refractivity (Wildman–Crippen MR) is 53.2 cm³/mol. The normalized spacial score (nSPS) is 10.5. The maximum Gasteiger partial charge on any atom is 0.145 e. The Kier molecular flexibility index (Phi) is 2.98. The van der Waals surface area contributed by atoms with Gasteiger partial charge < -0.3 is 0 Å². The number of carbonyl (C=O) groups is 2. The van der Waals surface area contributed by atoms with E-state index in [1.54, 1.807) is 0 Å². The number of carbonyl (C=O) groups excluding carboxylic acids is 2. The van der Waals surface area contributed by atoms with Crippen LogP contribution >= 0.6 is 11.3 Å². The Hall–Kier alpha value is -0.960. The van der Waals surface area contributed by atoms with Crippen molar-refractivity contribution >= 4 is 22.9 Å². The van der Waals surface area contributed by atoms with Crippen LogP contribution in [0.1, 0.15) is 29.5 Å². The third kappa shape index (κ3) is 2.25. The number of rotatable bonds is 3. The first-order valence-electron chi connectivity index (χ1n) is 4.09. The van der Waals surface area contributed by atoms with Gasteiger partial charge in [0.05, 0.1) is 0 Å². The van der Waals surface area contributed by atoms with Gasteiger partial charge in [0.2, 0.25) is 0 Å². The highest BCUT2D eigenvalue weighted by atomic mass is 32.1. The van der Waals surface area contributed by atoms with Crippen molar-refractivity contribution in [1.82, 2.24) is 0 Å². The average molecular weight is 196 g/mol. The van der Waals surface area contributed by atoms with Crippen LogP contribution in [0, 0.1) is 6.92 Å². The van der Waals surface area contributed by atoms with Crippen LogP contribution in [-0.2, 0) is 9.59 Å². The number of aryl methyl sites for hydroxylation is 1. The molecule has 0 atom stereocenters. The highest BCUT2D eigenvalue weighted by Crippen LogP contribution is 2.25. The second kappa shape index (κ2) is 3.83. The van der Waals surface area contributed by atoms with Gasteiger partial charge >= 0.3 is 0 Å². The summed E-state index contributed by atoms with van der Waals surface area (Å²) in [4.78, 5) is 24.3. The summed E-state index contributed by atoms with van der Waals surface area (Å²) in [5, 5.41) is 0. The van der Waals surface area contributed by atoms with Crippen molar-refractivity contribution in [3.8, 4) is 0 Å². The molecule has 0 fully saturated rings. The third-order valence-electron chi connectivity index (χ3n) is 1.86. The van der Waals surface area contributed by atoms with Crippen molar-refractivity contribution < 1.29 is 9.59 Å². The summed E-state index contributed by atoms with van der Waals surface area (Å²) in [6.07, 6.45) is 0. The smallest absolute Gasteiger partial charge is 0.145 e. The Labute approximate surface area is 81.6 Å². The van der Waals surface area contributed by atoms with E-state index in [2.05, 4.69) is 0 Å². The first kappa shape index (κ1) is 10.1. The van der Waals surface area contributed by atoms with E-state index >= 15 is 0 Å². The van der Waals surface area contributed by atoms with Gasteiger partial charge in [0.15, 0.2) is 0 Å². The van der Waals surface area contributed by atoms with E-state index in [1.165, 1.54) is 25.2 Å². The molecule has 0 aliphatic heterocycles. The van der Waals surface area contributed by atoms with E-state index in [9.17, 15) is 9.59 Å². The molecule has 0 saturated heterocycles. The van der Waals surface area contributed by atoms with Crippen LogP contribution in [0.25, 0.3) is 0 Å². The SMILES string of the molecule is CC(=O)C(C(C)=O)c1ccc(C)s1. The van der Waals surface area contributed by atoms with Gasteiger partial charge in [0, 0.05) is 9.75 Å². The standard InChI is InChI=1S/C10H12O2S/c1-6-4-5-9(13-6)10(7(2)11)8(3)12/h4-5,10H,1-3H3. The Bertz CT molecular complexity index is 324. The zero-order chi connectivity index (χ0) is 10.0. The molecule has 1 rings (SSSR count). The molecule has 0 aliphatic rings. The lowest BCUT2D eigenvalue weighted by Gasteiger charge is -2.06. The summed E-state index contributed by atoms with van der Waals surface area (Å²) in [7, 11) is 0. The lowest BCUT2D eigenvalue weighted by atomic mass is 9.99. The zero-order valence-corrected chi connectivity index (χ0v) is 8.77. The lowest BCUT2D eigenvalue weighted by Crippen LogP contribution is -2.15. The fourth-order valence-electron chi connectivity index (χ4n) is 1.30. The predicted octanol–water partition coefficient (Wildman–Crippen LogP) is 2.32. The van der Waals surface area contributed by atoms with Crippen LogP contribution in [0.3, 0.4) is 0 Å². The van der Waals surface area contributed by atoms with E-state index in [1.807, 2.05) is 19.1 Å². The number of ketones is 2. The number of hydrogen-bond acceptors (Lipinski definition) is 3. The summed E-state index contributed by atoms with van der Waals surface area (Å²) in [5.41, 5.74) is 0. The largest absolute Gasteiger partial charge is 0.299 e. The van der Waals surface area contributed by atoms with E-state index < -0.39 is 5.92 Å². The van der Waals surface area contributed by atoms with Crippen LogP contribution in [0.15, 0.2) is 12.1 Å². The molecule has 13 heavy (non-hydrogen) atoms. The maximum absolute atomic E-state index is 11.2. The highest BCUT2D eigenvalue weighted by molar-refractivity contribution is 7.12. The Balaban J connectivity index is 3.02. The van der Waals surface area contributed by atoms with Gasteiger partial charge in [-0.3, -0.25) is 9.59 Å². The summed E-state index contributed by atoms with van der Waals surface area (Å²) >= 11 is 1.51. The van der Waals surface area contributed by atoms with E-state index in [0.29, 0.717) is 0 Å². The zero-order valence-electron chi connectivity index (χ0n) is 7.96. The van der Waals surface area contributed by atoms with Crippen LogP contribution in [0.4, 0.5) is 0 Å². The highest BCUT2D eigenvalue weighted by Gasteiger charge is 2.22. The lowest BCUT2D eigenvalue weighted by molar-refractivity contribution is -0.126. The fourth-order valence-corrected chi connectivity index (χ4v) is 2.39. The van der Waals surface area contributed by atoms with E-state index in [4.69, 9.17) is 0 Å². The molecule has 0 N–H and O–H groups in total. The first-order chi connectivity index (χ1) is 6.02. The summed E-state index contributed by atoms with van der Waals surface area (Å²) in [5.74, 6) is -0.692. The van der Waals surface area contributed by atoms with Crippen molar-refractivity contribution in [1.29, 1.82) is 0 Å². The van der Waals surface area contributed by atoms with Crippen LogP contribution in [0.5, 0.6) is 0 Å². The van der Waals surface area contributed by atoms with Crippen molar-refractivity contribution in [2.45, 2.75) is 26.7 Å². The molecular formula is C10H12O2S. The molecule has 0 unspecified atom stereocenters. The molecule has 1 aromatic rings. The second-order valence-corrected chi connectivity index (χ2v) is 4.42. The Morgan fingerprint density at radius 3 is 2.08 bits per heavy atom. The van der Waals surface area contributed by atoms with Gasteiger partial charge in [-0.25, -0.2) is 0 Å². The number of hydrogen-bond donors (Lipinski definition) is 0. The van der Waals surface area contributed by atoms with Gasteiger partial charge in [-0.05, 0) is 32.9 Å². The minimum absolute atomic E-state index is 0.0747. The van der Waals surface area contributed by atoms with Gasteiger partial charge in [-0.2, -0.15) is 0 Å². The molecule has 3 heteroatoms. The Morgan fingerprint density at radius 1 is 1.23 bits per heavy atom. The Morgan fingerprint density at radius 2 is 1.77 bits per heavy atom. The van der Waals surface area contributed by atoms with Gasteiger partial charge in [-0.15, -0.1) is 11.3 Å². The summed E-state index contributed by atoms with van der Waals surface area (Å²) in [6, 6.07) is 3.78. The molecule has 0 amide bonds. The topological polar surface area (TPSA) is 34.1 Å². The molecular weight excluding hydrogens is 184 g/mol. The van der Waals surface area contributed by atoms with E-state index in [-0.39, 0.29) is 11.6 Å². The van der Waals surface area contributed by atoms with Crippen molar-refractivity contribution in [3.63, 3.8) is 0 Å². The summed E-state index contributed by atoms with van der Waals surface area (Å²) < 4.78 is 0. The van der Waals surface area contributed by atoms with Crippen molar-refractivity contribution in [2.24, 2.45) is 0 Å². The maximum atomic E-state index is 11.2. The summed E-state index contributed by atoms with van der Waals surface area (Å²) in [6.45, 7) is 4.88. The second-order valence-electron chi connectivity index (χ2n) is 3.10. The third-order valence-corrected chi connectivity index (χ3v) is 2.92. The molecule has 0 bridgehead atoms. The number of thiophene rings is 1. The number of Topliss-reactive ketones (excluding diaryl/α,β-unsaturated/α-hetero) is 2. The van der Waals surface area contributed by atoms with Crippen molar-refractivity contribution in [3.05, 3.63) is 21.9 Å². The molecule has 70 valence electrons. The molecule has 0 saturated carbocycles. The molecule has 0 aromatic carbocycles. The molecule has 0 aliphatic carbocycles. The monoisotopic (exact) mass is 196 g/mol. The minimum atomic E-state index is -0.543. The van der Waals surface area contributed by atoms with Gasteiger partial charge in [0.1, 0.15) is 17.5 Å². The molecule has 1 aromatic heterocycles. The van der Waals surface area contributed by atoms with Gasteiger partial charge in [0.25, 0.3) is 0 Å².